The molecule has 1 amide bonds. The van der Waals surface area contributed by atoms with Crippen LogP contribution in [0.2, 0.25) is 0 Å². The van der Waals surface area contributed by atoms with Gasteiger partial charge in [-0.05, 0) is 42.8 Å². The molecule has 0 aliphatic rings. The molecule has 7 nitrogen and oxygen atoms in total. The van der Waals surface area contributed by atoms with Crippen molar-refractivity contribution in [3.63, 3.8) is 0 Å². The van der Waals surface area contributed by atoms with Crippen LogP contribution in [0.25, 0.3) is 11.8 Å². The zero-order valence-corrected chi connectivity index (χ0v) is 16.2. The van der Waals surface area contributed by atoms with E-state index in [2.05, 4.69) is 10.4 Å². The number of nitrogens with zero attached hydrogens (tertiary/aromatic N) is 2. The number of rotatable bonds is 7. The minimum Gasteiger partial charge on any atom is -0.497 e. The minimum absolute atomic E-state index is 0.402. The number of hydrogen-bond acceptors (Lipinski definition) is 5. The maximum absolute atomic E-state index is 12.2. The lowest BCUT2D eigenvalue weighted by Gasteiger charge is -2.08. The van der Waals surface area contributed by atoms with Crippen molar-refractivity contribution >= 4 is 23.8 Å². The number of anilines is 1. The van der Waals surface area contributed by atoms with E-state index in [1.165, 1.54) is 6.08 Å². The standard InChI is InChI=1S/C22H21N3O4/c1-16-13-20(25(24-16)18-8-4-3-5-9-18)23-21(26)15-29-22(27)12-11-17-7-6-10-19(14-17)28-2/h3-14H,15H2,1-2H3,(H,23,26)/b12-11+. The molecule has 1 N–H and O–H groups in total. The second-order valence-electron chi connectivity index (χ2n) is 6.18. The molecular weight excluding hydrogens is 370 g/mol. The molecule has 0 saturated heterocycles. The Morgan fingerprint density at radius 2 is 1.90 bits per heavy atom. The van der Waals surface area contributed by atoms with Gasteiger partial charge >= 0.3 is 5.97 Å². The number of aryl methyl sites for hydroxylation is 1. The maximum Gasteiger partial charge on any atom is 0.331 e. The van der Waals surface area contributed by atoms with Crippen molar-refractivity contribution in [3.8, 4) is 11.4 Å². The fourth-order valence-electron chi connectivity index (χ4n) is 2.63. The lowest BCUT2D eigenvalue weighted by Crippen LogP contribution is -2.21. The van der Waals surface area contributed by atoms with Crippen molar-refractivity contribution in [1.29, 1.82) is 0 Å². The summed E-state index contributed by atoms with van der Waals surface area (Å²) < 4.78 is 11.8. The topological polar surface area (TPSA) is 82.4 Å². The third kappa shape index (κ3) is 5.55. The second-order valence-corrected chi connectivity index (χ2v) is 6.18. The minimum atomic E-state index is -0.615. The molecule has 0 aliphatic carbocycles. The van der Waals surface area contributed by atoms with Crippen LogP contribution in [-0.2, 0) is 14.3 Å². The molecule has 29 heavy (non-hydrogen) atoms. The summed E-state index contributed by atoms with van der Waals surface area (Å²) in [6, 6.07) is 18.4. The van der Waals surface area contributed by atoms with Crippen LogP contribution in [0.4, 0.5) is 5.82 Å². The van der Waals surface area contributed by atoms with Crippen LogP contribution in [0.15, 0.2) is 66.7 Å². The largest absolute Gasteiger partial charge is 0.497 e. The monoisotopic (exact) mass is 391 g/mol. The molecule has 0 unspecified atom stereocenters. The number of benzene rings is 2. The quantitative estimate of drug-likeness (QED) is 0.493. The van der Waals surface area contributed by atoms with Gasteiger partial charge in [0, 0.05) is 12.1 Å². The van der Waals surface area contributed by atoms with E-state index in [1.54, 1.807) is 30.0 Å². The molecule has 0 aliphatic heterocycles. The molecule has 0 atom stereocenters. The highest BCUT2D eigenvalue weighted by Gasteiger charge is 2.12. The molecule has 1 heterocycles. The highest BCUT2D eigenvalue weighted by molar-refractivity contribution is 5.94. The van der Waals surface area contributed by atoms with Crippen LogP contribution < -0.4 is 10.1 Å². The first-order valence-corrected chi connectivity index (χ1v) is 8.96. The average molecular weight is 391 g/mol. The number of nitrogens with one attached hydrogen (secondary N) is 1. The Kier molecular flexibility index (Phi) is 6.42. The summed E-state index contributed by atoms with van der Waals surface area (Å²) in [6.07, 6.45) is 2.86. The van der Waals surface area contributed by atoms with Crippen LogP contribution in [0.5, 0.6) is 5.75 Å². The van der Waals surface area contributed by atoms with Crippen LogP contribution in [-0.4, -0.2) is 35.4 Å². The number of aromatic nitrogens is 2. The van der Waals surface area contributed by atoms with Gasteiger partial charge in [-0.15, -0.1) is 0 Å². The summed E-state index contributed by atoms with van der Waals surface area (Å²) in [6.45, 7) is 1.43. The van der Waals surface area contributed by atoms with Gasteiger partial charge in [-0.1, -0.05) is 30.3 Å². The number of esters is 1. The van der Waals surface area contributed by atoms with Gasteiger partial charge in [0.2, 0.25) is 0 Å². The number of methoxy groups -OCH3 is 1. The fraction of sp³-hybridized carbons (Fsp3) is 0.136. The SMILES string of the molecule is COc1cccc(/C=C/C(=O)OCC(=O)Nc2cc(C)nn2-c2ccccc2)c1. The number of amides is 1. The molecule has 0 spiro atoms. The van der Waals surface area contributed by atoms with Gasteiger partial charge in [-0.2, -0.15) is 5.10 Å². The summed E-state index contributed by atoms with van der Waals surface area (Å²) >= 11 is 0. The van der Waals surface area contributed by atoms with Crippen molar-refractivity contribution < 1.29 is 19.1 Å². The van der Waals surface area contributed by atoms with E-state index in [-0.39, 0.29) is 0 Å². The Morgan fingerprint density at radius 3 is 2.66 bits per heavy atom. The molecule has 0 radical (unpaired) electrons. The maximum atomic E-state index is 12.2. The predicted molar refractivity (Wildman–Crippen MR) is 110 cm³/mol. The van der Waals surface area contributed by atoms with Crippen LogP contribution in [0.3, 0.4) is 0 Å². The van der Waals surface area contributed by atoms with E-state index >= 15 is 0 Å². The van der Waals surface area contributed by atoms with Gasteiger partial charge in [-0.3, -0.25) is 4.79 Å². The summed E-state index contributed by atoms with van der Waals surface area (Å²) in [7, 11) is 1.57. The highest BCUT2D eigenvalue weighted by atomic mass is 16.5. The van der Waals surface area contributed by atoms with E-state index in [9.17, 15) is 9.59 Å². The van der Waals surface area contributed by atoms with Gasteiger partial charge in [0.05, 0.1) is 18.5 Å². The molecular formula is C22H21N3O4. The normalized spacial score (nSPS) is 10.7. The average Bonchev–Trinajstić information content (AvgIpc) is 3.11. The van der Waals surface area contributed by atoms with Crippen molar-refractivity contribution in [3.05, 3.63) is 78.0 Å². The van der Waals surface area contributed by atoms with Gasteiger partial charge < -0.3 is 14.8 Å². The van der Waals surface area contributed by atoms with Gasteiger partial charge in [-0.25, -0.2) is 9.48 Å². The van der Waals surface area contributed by atoms with Crippen LogP contribution in [0, 0.1) is 6.92 Å². The Hall–Kier alpha value is -3.87. The van der Waals surface area contributed by atoms with E-state index in [1.807, 2.05) is 55.5 Å². The molecule has 0 bridgehead atoms. The van der Waals surface area contributed by atoms with Crippen molar-refractivity contribution in [2.24, 2.45) is 0 Å². The molecule has 2 aromatic carbocycles. The van der Waals surface area contributed by atoms with Gasteiger partial charge in [0.25, 0.3) is 5.91 Å². The van der Waals surface area contributed by atoms with Gasteiger partial charge in [0.15, 0.2) is 6.61 Å². The summed E-state index contributed by atoms with van der Waals surface area (Å²) in [5.74, 6) is 0.118. The Labute approximate surface area is 168 Å². The van der Waals surface area contributed by atoms with Crippen LogP contribution in [0.1, 0.15) is 11.3 Å². The third-order valence-electron chi connectivity index (χ3n) is 3.95. The highest BCUT2D eigenvalue weighted by Crippen LogP contribution is 2.17. The number of ether oxygens (including phenoxy) is 2. The Bertz CT molecular complexity index is 1030. The van der Waals surface area contributed by atoms with E-state index < -0.39 is 18.5 Å². The summed E-state index contributed by atoms with van der Waals surface area (Å²) in [4.78, 5) is 24.1. The van der Waals surface area contributed by atoms with Crippen LogP contribution >= 0.6 is 0 Å². The Balaban J connectivity index is 1.56. The molecule has 0 fully saturated rings. The first-order valence-electron chi connectivity index (χ1n) is 8.96. The van der Waals surface area contributed by atoms with E-state index in [0.717, 1.165) is 16.9 Å². The third-order valence-corrected chi connectivity index (χ3v) is 3.95. The first-order chi connectivity index (χ1) is 14.0. The van der Waals surface area contributed by atoms with Gasteiger partial charge in [0.1, 0.15) is 11.6 Å². The molecule has 1 aromatic heterocycles. The van der Waals surface area contributed by atoms with Crippen molar-refractivity contribution in [2.75, 3.05) is 19.0 Å². The van der Waals surface area contributed by atoms with Crippen molar-refractivity contribution in [1.82, 2.24) is 9.78 Å². The zero-order valence-electron chi connectivity index (χ0n) is 16.2. The Morgan fingerprint density at radius 1 is 1.10 bits per heavy atom. The number of para-hydroxylation sites is 1. The number of carbonyl (C=O) groups excluding carboxylic acids is 2. The number of hydrogen-bond donors (Lipinski definition) is 1. The molecule has 7 heteroatoms. The lowest BCUT2D eigenvalue weighted by atomic mass is 10.2. The summed E-state index contributed by atoms with van der Waals surface area (Å²) in [5.41, 5.74) is 2.35. The lowest BCUT2D eigenvalue weighted by molar-refractivity contribution is -0.142. The smallest absolute Gasteiger partial charge is 0.331 e. The number of carbonyl (C=O) groups is 2. The zero-order chi connectivity index (χ0) is 20.6. The molecule has 0 saturated carbocycles. The summed E-state index contributed by atoms with van der Waals surface area (Å²) in [5, 5.41) is 7.10. The fourth-order valence-corrected chi connectivity index (χ4v) is 2.63. The second kappa shape index (κ2) is 9.36. The molecule has 3 aromatic rings. The first kappa shape index (κ1) is 19.9. The molecule has 3 rings (SSSR count). The van der Waals surface area contributed by atoms with E-state index in [4.69, 9.17) is 9.47 Å². The predicted octanol–water partition coefficient (Wildman–Crippen LogP) is 3.38. The van der Waals surface area contributed by atoms with Crippen molar-refractivity contribution in [2.45, 2.75) is 6.92 Å². The van der Waals surface area contributed by atoms with E-state index in [0.29, 0.717) is 11.6 Å². The molecule has 148 valence electrons.